The lowest BCUT2D eigenvalue weighted by molar-refractivity contribution is 0.600. The van der Waals surface area contributed by atoms with Gasteiger partial charge in [0.2, 0.25) is 0 Å². The number of aliphatic imine (C=N–C) groups is 1. The van der Waals surface area contributed by atoms with E-state index in [4.69, 9.17) is 0 Å². The van der Waals surface area contributed by atoms with E-state index >= 15 is 0 Å². The van der Waals surface area contributed by atoms with Crippen LogP contribution in [0.1, 0.15) is 47.7 Å². The van der Waals surface area contributed by atoms with Gasteiger partial charge in [-0.2, -0.15) is 0 Å². The second-order valence-corrected chi connectivity index (χ2v) is 7.87. The number of guanidine groups is 1. The van der Waals surface area contributed by atoms with Crippen molar-refractivity contribution in [3.63, 3.8) is 0 Å². The third-order valence-corrected chi connectivity index (χ3v) is 5.41. The van der Waals surface area contributed by atoms with Crippen LogP contribution in [0.5, 0.6) is 0 Å². The van der Waals surface area contributed by atoms with Crippen molar-refractivity contribution in [1.82, 2.24) is 30.4 Å². The van der Waals surface area contributed by atoms with Gasteiger partial charge in [0.25, 0.3) is 0 Å². The molecule has 0 radical (unpaired) electrons. The van der Waals surface area contributed by atoms with Crippen LogP contribution < -0.4 is 10.6 Å². The van der Waals surface area contributed by atoms with Gasteiger partial charge in [0.15, 0.2) is 5.96 Å². The highest BCUT2D eigenvalue weighted by Gasteiger charge is 2.14. The van der Waals surface area contributed by atoms with Gasteiger partial charge in [-0.25, -0.2) is 4.98 Å². The van der Waals surface area contributed by atoms with Gasteiger partial charge in [0.05, 0.1) is 5.01 Å². The maximum Gasteiger partial charge on any atom is 0.191 e. The Morgan fingerprint density at radius 3 is 2.89 bits per heavy atom. The number of aromatic nitrogens is 4. The van der Waals surface area contributed by atoms with Crippen molar-refractivity contribution in [3.8, 4) is 0 Å². The fraction of sp³-hybridized carbons (Fsp3) is 0.667. The van der Waals surface area contributed by atoms with Crippen molar-refractivity contribution in [2.75, 3.05) is 19.6 Å². The molecule has 0 bridgehead atoms. The van der Waals surface area contributed by atoms with E-state index in [2.05, 4.69) is 49.2 Å². The van der Waals surface area contributed by atoms with E-state index in [0.717, 1.165) is 68.1 Å². The lowest BCUT2D eigenvalue weighted by Gasteiger charge is -2.11. The van der Waals surface area contributed by atoms with Gasteiger partial charge < -0.3 is 15.2 Å². The van der Waals surface area contributed by atoms with Crippen LogP contribution >= 0.6 is 35.3 Å². The Kier molecular flexibility index (Phi) is 9.46. The Labute approximate surface area is 182 Å². The number of rotatable bonds is 7. The predicted octanol–water partition coefficient (Wildman–Crippen LogP) is 2.73. The van der Waals surface area contributed by atoms with Crippen LogP contribution in [-0.4, -0.2) is 45.3 Å². The van der Waals surface area contributed by atoms with Gasteiger partial charge in [-0.3, -0.25) is 4.99 Å². The van der Waals surface area contributed by atoms with Crippen molar-refractivity contribution in [1.29, 1.82) is 0 Å². The predicted molar refractivity (Wildman–Crippen MR) is 121 cm³/mol. The van der Waals surface area contributed by atoms with E-state index in [9.17, 15) is 0 Å². The molecular weight excluding hydrogens is 473 g/mol. The van der Waals surface area contributed by atoms with Crippen LogP contribution in [0, 0.1) is 6.92 Å². The Bertz CT molecular complexity index is 725. The van der Waals surface area contributed by atoms with E-state index < -0.39 is 0 Å². The number of hydrogen-bond donors (Lipinski definition) is 2. The van der Waals surface area contributed by atoms with Crippen LogP contribution in [0.2, 0.25) is 0 Å². The highest BCUT2D eigenvalue weighted by molar-refractivity contribution is 14.0. The van der Waals surface area contributed by atoms with E-state index in [1.54, 1.807) is 11.3 Å². The van der Waals surface area contributed by atoms with Crippen LogP contribution in [0.15, 0.2) is 11.2 Å². The van der Waals surface area contributed by atoms with Crippen LogP contribution in [0.4, 0.5) is 0 Å². The minimum atomic E-state index is 0. The van der Waals surface area contributed by atoms with Gasteiger partial charge in [0.1, 0.15) is 11.6 Å². The number of nitrogens with zero attached hydrogens (tertiary/aromatic N) is 5. The molecule has 27 heavy (non-hydrogen) atoms. The smallest absolute Gasteiger partial charge is 0.191 e. The van der Waals surface area contributed by atoms with Gasteiger partial charge >= 0.3 is 0 Å². The lowest BCUT2D eigenvalue weighted by Crippen LogP contribution is -2.38. The number of fused-ring (bicyclic) bond motifs is 1. The van der Waals surface area contributed by atoms with Crippen molar-refractivity contribution in [2.45, 2.75) is 58.9 Å². The topological polar surface area (TPSA) is 80.0 Å². The Balaban J connectivity index is 0.00000261. The summed E-state index contributed by atoms with van der Waals surface area (Å²) >= 11 is 1.74. The maximum absolute atomic E-state index is 4.66. The number of thiazole rings is 1. The molecular formula is C18H30IN7S. The number of nitrogens with one attached hydrogen (secondary N) is 2. The molecule has 0 spiro atoms. The molecule has 1 aliphatic rings. The zero-order valence-electron chi connectivity index (χ0n) is 16.2. The molecule has 0 saturated heterocycles. The second kappa shape index (κ2) is 11.6. The van der Waals surface area contributed by atoms with E-state index in [1.165, 1.54) is 24.1 Å². The quantitative estimate of drug-likeness (QED) is 0.345. The fourth-order valence-corrected chi connectivity index (χ4v) is 3.92. The van der Waals surface area contributed by atoms with Crippen molar-refractivity contribution in [3.05, 3.63) is 27.7 Å². The summed E-state index contributed by atoms with van der Waals surface area (Å²) in [7, 11) is 0. The molecule has 0 saturated carbocycles. The highest BCUT2D eigenvalue weighted by atomic mass is 127. The molecule has 150 valence electrons. The first-order chi connectivity index (χ1) is 12.8. The first kappa shape index (κ1) is 22.1. The first-order valence-corrected chi connectivity index (χ1v) is 10.4. The summed E-state index contributed by atoms with van der Waals surface area (Å²) in [6.07, 6.45) is 8.47. The molecule has 0 unspecified atom stereocenters. The van der Waals surface area contributed by atoms with Crippen molar-refractivity contribution < 1.29 is 0 Å². The third-order valence-electron chi connectivity index (χ3n) is 4.44. The summed E-state index contributed by atoms with van der Waals surface area (Å²) in [6, 6.07) is 0. The Morgan fingerprint density at radius 1 is 1.22 bits per heavy atom. The highest BCUT2D eigenvalue weighted by Crippen LogP contribution is 2.14. The zero-order valence-corrected chi connectivity index (χ0v) is 19.3. The summed E-state index contributed by atoms with van der Waals surface area (Å²) in [6.45, 7) is 7.62. The normalized spacial score (nSPS) is 14.2. The molecule has 7 nitrogen and oxygen atoms in total. The molecule has 0 atom stereocenters. The van der Waals surface area contributed by atoms with Crippen molar-refractivity contribution >= 4 is 41.3 Å². The number of aryl methyl sites for hydroxylation is 2. The van der Waals surface area contributed by atoms with E-state index in [1.807, 2.05) is 6.20 Å². The molecule has 9 heteroatoms. The number of halogens is 1. The summed E-state index contributed by atoms with van der Waals surface area (Å²) < 4.78 is 2.31. The average Bonchev–Trinajstić information content (AvgIpc) is 3.13. The second-order valence-electron chi connectivity index (χ2n) is 6.55. The largest absolute Gasteiger partial charge is 0.357 e. The molecule has 3 rings (SSSR count). The Hall–Kier alpha value is -1.23. The standard InChI is InChI=1S/C18H29N7S.HI/c1-3-19-18(21-11-9-17-22-13-14(2)26-17)20-10-8-16-24-23-15-7-5-4-6-12-25(15)16;/h13H,3-12H2,1-2H3,(H2,19,20,21);1H. The van der Waals surface area contributed by atoms with Crippen LogP contribution in [0.3, 0.4) is 0 Å². The van der Waals surface area contributed by atoms with Gasteiger partial charge in [-0.1, -0.05) is 6.42 Å². The summed E-state index contributed by atoms with van der Waals surface area (Å²) in [4.78, 5) is 10.3. The average molecular weight is 503 g/mol. The van der Waals surface area contributed by atoms with Crippen LogP contribution in [0.25, 0.3) is 0 Å². The molecule has 0 aromatic carbocycles. The molecule has 0 amide bonds. The summed E-state index contributed by atoms with van der Waals surface area (Å²) in [5, 5.41) is 16.6. The molecule has 2 aromatic rings. The van der Waals surface area contributed by atoms with Gasteiger partial charge in [-0.05, 0) is 26.7 Å². The van der Waals surface area contributed by atoms with E-state index in [-0.39, 0.29) is 24.0 Å². The monoisotopic (exact) mass is 503 g/mol. The van der Waals surface area contributed by atoms with Crippen molar-refractivity contribution in [2.24, 2.45) is 4.99 Å². The molecule has 2 N–H and O–H groups in total. The molecule has 0 aliphatic carbocycles. The number of hydrogen-bond acceptors (Lipinski definition) is 5. The maximum atomic E-state index is 4.66. The van der Waals surface area contributed by atoms with Gasteiger partial charge in [0, 0.05) is 56.5 Å². The molecule has 3 heterocycles. The molecule has 1 aliphatic heterocycles. The minimum Gasteiger partial charge on any atom is -0.357 e. The summed E-state index contributed by atoms with van der Waals surface area (Å²) in [5.74, 6) is 3.09. The SMILES string of the molecule is CCNC(=NCCc1ncc(C)s1)NCCc1nnc2n1CCCCC2.I. The zero-order chi connectivity index (χ0) is 18.2. The fourth-order valence-electron chi connectivity index (χ4n) is 3.15. The van der Waals surface area contributed by atoms with E-state index in [0.29, 0.717) is 0 Å². The minimum absolute atomic E-state index is 0. The lowest BCUT2D eigenvalue weighted by atomic mass is 10.2. The summed E-state index contributed by atoms with van der Waals surface area (Å²) in [5.41, 5.74) is 0. The third kappa shape index (κ3) is 6.70. The Morgan fingerprint density at radius 2 is 2.11 bits per heavy atom. The first-order valence-electron chi connectivity index (χ1n) is 9.60. The molecule has 0 fully saturated rings. The molecule has 2 aromatic heterocycles. The van der Waals surface area contributed by atoms with Crippen LogP contribution in [-0.2, 0) is 25.8 Å². The van der Waals surface area contributed by atoms with Gasteiger partial charge in [-0.15, -0.1) is 45.5 Å².